The van der Waals surface area contributed by atoms with E-state index in [1.807, 2.05) is 29.2 Å². The number of likely N-dealkylation sites (tertiary alicyclic amines) is 1. The van der Waals surface area contributed by atoms with E-state index in [1.54, 1.807) is 0 Å². The van der Waals surface area contributed by atoms with Gasteiger partial charge in [-0.3, -0.25) is 9.59 Å². The van der Waals surface area contributed by atoms with Crippen LogP contribution in [0.25, 0.3) is 0 Å². The number of carbonyl (C=O) groups excluding carboxylic acids is 2. The number of amides is 2. The van der Waals surface area contributed by atoms with Crippen molar-refractivity contribution in [1.29, 1.82) is 0 Å². The molecule has 2 aliphatic heterocycles. The number of hydrogen-bond donors (Lipinski definition) is 2. The van der Waals surface area contributed by atoms with Gasteiger partial charge in [-0.05, 0) is 49.8 Å². The van der Waals surface area contributed by atoms with Gasteiger partial charge < -0.3 is 15.5 Å². The minimum Gasteiger partial charge on any atom is -0.338 e. The molecule has 2 fully saturated rings. The van der Waals surface area contributed by atoms with E-state index in [2.05, 4.69) is 24.5 Å². The molecule has 2 amide bonds. The molecule has 2 N–H and O–H groups in total. The van der Waals surface area contributed by atoms with Gasteiger partial charge in [0, 0.05) is 25.6 Å². The average Bonchev–Trinajstić information content (AvgIpc) is 3.06. The number of benzene rings is 1. The monoisotopic (exact) mass is 343 g/mol. The highest BCUT2D eigenvalue weighted by Gasteiger charge is 2.27. The van der Waals surface area contributed by atoms with Crippen LogP contribution < -0.4 is 10.6 Å². The van der Waals surface area contributed by atoms with Gasteiger partial charge in [-0.2, -0.15) is 0 Å². The number of nitrogens with one attached hydrogen (secondary N) is 2. The lowest BCUT2D eigenvalue weighted by atomic mass is 9.91. The van der Waals surface area contributed by atoms with Crippen LogP contribution in [-0.4, -0.2) is 42.4 Å². The summed E-state index contributed by atoms with van der Waals surface area (Å²) in [7, 11) is 0. The highest BCUT2D eigenvalue weighted by Crippen LogP contribution is 2.25. The van der Waals surface area contributed by atoms with Gasteiger partial charge in [-0.15, -0.1) is 0 Å². The fraction of sp³-hybridized carbons (Fsp3) is 0.600. The van der Waals surface area contributed by atoms with Gasteiger partial charge in [0.05, 0.1) is 11.3 Å². The SMILES string of the molecule is CC1CC(C)CN(C(=O)c2ccccc2NC(=O)CC2CCCN2)C1. The molecule has 1 aromatic carbocycles. The molecular weight excluding hydrogens is 314 g/mol. The Kier molecular flexibility index (Phi) is 5.74. The van der Waals surface area contributed by atoms with Gasteiger partial charge in [0.1, 0.15) is 0 Å². The molecule has 1 aromatic rings. The van der Waals surface area contributed by atoms with E-state index in [9.17, 15) is 9.59 Å². The van der Waals surface area contributed by atoms with Crippen molar-refractivity contribution in [3.8, 4) is 0 Å². The van der Waals surface area contributed by atoms with Gasteiger partial charge in [0.15, 0.2) is 0 Å². The molecular formula is C20H29N3O2. The van der Waals surface area contributed by atoms with Crippen LogP contribution >= 0.6 is 0 Å². The Bertz CT molecular complexity index is 615. The third-order valence-corrected chi connectivity index (χ3v) is 5.18. The molecule has 3 unspecified atom stereocenters. The van der Waals surface area contributed by atoms with Gasteiger partial charge >= 0.3 is 0 Å². The second-order valence-electron chi connectivity index (χ2n) is 7.75. The third kappa shape index (κ3) is 4.60. The highest BCUT2D eigenvalue weighted by molar-refractivity contribution is 6.03. The van der Waals surface area contributed by atoms with Crippen LogP contribution in [-0.2, 0) is 4.79 Å². The Morgan fingerprint density at radius 1 is 1.20 bits per heavy atom. The van der Waals surface area contributed by atoms with Crippen molar-refractivity contribution in [3.63, 3.8) is 0 Å². The van der Waals surface area contributed by atoms with Crippen LogP contribution in [0, 0.1) is 11.8 Å². The number of anilines is 1. The summed E-state index contributed by atoms with van der Waals surface area (Å²) in [6.45, 7) is 6.95. The smallest absolute Gasteiger partial charge is 0.255 e. The largest absolute Gasteiger partial charge is 0.338 e. The summed E-state index contributed by atoms with van der Waals surface area (Å²) in [6.07, 6.45) is 3.78. The van der Waals surface area contributed by atoms with E-state index in [0.717, 1.165) is 38.9 Å². The van der Waals surface area contributed by atoms with E-state index in [4.69, 9.17) is 0 Å². The third-order valence-electron chi connectivity index (χ3n) is 5.18. The second kappa shape index (κ2) is 8.00. The van der Waals surface area contributed by atoms with E-state index < -0.39 is 0 Å². The van der Waals surface area contributed by atoms with Crippen LogP contribution in [0.15, 0.2) is 24.3 Å². The minimum absolute atomic E-state index is 0.0216. The molecule has 3 atom stereocenters. The first kappa shape index (κ1) is 17.9. The zero-order valence-corrected chi connectivity index (χ0v) is 15.3. The number of piperidine rings is 1. The maximum atomic E-state index is 13.0. The Hall–Kier alpha value is -1.88. The standard InChI is InChI=1S/C20H29N3O2/c1-14-10-15(2)13-23(12-14)20(25)17-7-3-4-8-18(17)22-19(24)11-16-6-5-9-21-16/h3-4,7-8,14-16,21H,5-6,9-13H2,1-2H3,(H,22,24). The van der Waals surface area contributed by atoms with E-state index >= 15 is 0 Å². The molecule has 3 rings (SSSR count). The zero-order chi connectivity index (χ0) is 17.8. The molecule has 0 aliphatic carbocycles. The predicted molar refractivity (Wildman–Crippen MR) is 99.6 cm³/mol. The van der Waals surface area contributed by atoms with Crippen LogP contribution in [0.5, 0.6) is 0 Å². The van der Waals surface area contributed by atoms with E-state index in [-0.39, 0.29) is 17.9 Å². The first-order valence-corrected chi connectivity index (χ1v) is 9.44. The molecule has 5 nitrogen and oxygen atoms in total. The molecule has 0 aromatic heterocycles. The van der Waals surface area contributed by atoms with Crippen LogP contribution in [0.1, 0.15) is 49.9 Å². The normalized spacial score (nSPS) is 26.5. The fourth-order valence-electron chi connectivity index (χ4n) is 4.13. The Morgan fingerprint density at radius 2 is 1.92 bits per heavy atom. The number of carbonyl (C=O) groups is 2. The van der Waals surface area contributed by atoms with Crippen LogP contribution in [0.2, 0.25) is 0 Å². The summed E-state index contributed by atoms with van der Waals surface area (Å²) >= 11 is 0. The van der Waals surface area contributed by atoms with Gasteiger partial charge in [-0.1, -0.05) is 26.0 Å². The molecule has 136 valence electrons. The van der Waals surface area contributed by atoms with Crippen molar-refractivity contribution in [2.24, 2.45) is 11.8 Å². The summed E-state index contributed by atoms with van der Waals surface area (Å²) in [5.74, 6) is 1.03. The predicted octanol–water partition coefficient (Wildman–Crippen LogP) is 2.89. The zero-order valence-electron chi connectivity index (χ0n) is 15.3. The van der Waals surface area contributed by atoms with E-state index in [0.29, 0.717) is 29.5 Å². The maximum Gasteiger partial charge on any atom is 0.255 e. The fourth-order valence-corrected chi connectivity index (χ4v) is 4.13. The number of hydrogen-bond acceptors (Lipinski definition) is 3. The lowest BCUT2D eigenvalue weighted by Crippen LogP contribution is -2.42. The number of rotatable bonds is 4. The van der Waals surface area contributed by atoms with Gasteiger partial charge in [0.25, 0.3) is 5.91 Å². The highest BCUT2D eigenvalue weighted by atomic mass is 16.2. The van der Waals surface area contributed by atoms with Crippen molar-refractivity contribution >= 4 is 17.5 Å². The molecule has 0 spiro atoms. The van der Waals surface area contributed by atoms with Crippen LogP contribution in [0.4, 0.5) is 5.69 Å². The summed E-state index contributed by atoms with van der Waals surface area (Å²) in [5.41, 5.74) is 1.22. The van der Waals surface area contributed by atoms with Crippen molar-refractivity contribution in [2.45, 2.75) is 45.6 Å². The lowest BCUT2D eigenvalue weighted by molar-refractivity contribution is -0.116. The second-order valence-corrected chi connectivity index (χ2v) is 7.75. The molecule has 25 heavy (non-hydrogen) atoms. The van der Waals surface area contributed by atoms with Crippen molar-refractivity contribution in [2.75, 3.05) is 25.0 Å². The number of para-hydroxylation sites is 1. The molecule has 2 saturated heterocycles. The van der Waals surface area contributed by atoms with Crippen molar-refractivity contribution in [1.82, 2.24) is 10.2 Å². The first-order chi connectivity index (χ1) is 12.0. The van der Waals surface area contributed by atoms with Gasteiger partial charge in [-0.25, -0.2) is 0 Å². The van der Waals surface area contributed by atoms with Crippen LogP contribution in [0.3, 0.4) is 0 Å². The Labute approximate surface area is 150 Å². The lowest BCUT2D eigenvalue weighted by Gasteiger charge is -2.35. The molecule has 2 aliphatic rings. The van der Waals surface area contributed by atoms with Crippen molar-refractivity contribution in [3.05, 3.63) is 29.8 Å². The Morgan fingerprint density at radius 3 is 2.60 bits per heavy atom. The molecule has 0 bridgehead atoms. The summed E-state index contributed by atoms with van der Waals surface area (Å²) in [6, 6.07) is 7.62. The minimum atomic E-state index is -0.0277. The summed E-state index contributed by atoms with van der Waals surface area (Å²) < 4.78 is 0. The molecule has 5 heteroatoms. The average molecular weight is 343 g/mol. The van der Waals surface area contributed by atoms with Crippen molar-refractivity contribution < 1.29 is 9.59 Å². The topological polar surface area (TPSA) is 61.4 Å². The molecule has 2 heterocycles. The van der Waals surface area contributed by atoms with Gasteiger partial charge in [0.2, 0.25) is 5.91 Å². The number of nitrogens with zero attached hydrogens (tertiary/aromatic N) is 1. The molecule has 0 saturated carbocycles. The van der Waals surface area contributed by atoms with E-state index in [1.165, 1.54) is 0 Å². The first-order valence-electron chi connectivity index (χ1n) is 9.44. The summed E-state index contributed by atoms with van der Waals surface area (Å²) in [4.78, 5) is 27.3. The summed E-state index contributed by atoms with van der Waals surface area (Å²) in [5, 5.41) is 6.29. The Balaban J connectivity index is 1.69. The quantitative estimate of drug-likeness (QED) is 0.884. The molecule has 0 radical (unpaired) electrons. The maximum absolute atomic E-state index is 13.0.